The molecule has 1 heterocycles. The van der Waals surface area contributed by atoms with Gasteiger partial charge in [-0.25, -0.2) is 4.79 Å². The van der Waals surface area contributed by atoms with Crippen molar-refractivity contribution in [2.24, 2.45) is 47.2 Å². The van der Waals surface area contributed by atoms with Crippen LogP contribution in [0, 0.1) is 41.4 Å². The van der Waals surface area contributed by atoms with Gasteiger partial charge in [-0.1, -0.05) is 97.6 Å². The van der Waals surface area contributed by atoms with Gasteiger partial charge in [0.15, 0.2) is 0 Å². The lowest BCUT2D eigenvalue weighted by Gasteiger charge is -2.36. The van der Waals surface area contributed by atoms with E-state index in [9.17, 15) is 30.0 Å². The van der Waals surface area contributed by atoms with Gasteiger partial charge >= 0.3 is 12.1 Å². The number of nitrogens with two attached hydrogens (primary N) is 1. The Morgan fingerprint density at radius 1 is 1.02 bits per heavy atom. The predicted octanol–water partition coefficient (Wildman–Crippen LogP) is 4.93. The highest BCUT2D eigenvalue weighted by Gasteiger charge is 2.41. The smallest absolute Gasteiger partial charge is 0.404 e. The second kappa shape index (κ2) is 19.0. The first-order valence-corrected chi connectivity index (χ1v) is 15.0. The van der Waals surface area contributed by atoms with Crippen molar-refractivity contribution < 1.29 is 39.5 Å². The maximum absolute atomic E-state index is 12.0. The van der Waals surface area contributed by atoms with Crippen molar-refractivity contribution in [3.8, 4) is 0 Å². The fourth-order valence-electron chi connectivity index (χ4n) is 5.80. The summed E-state index contributed by atoms with van der Waals surface area (Å²) >= 11 is 0. The van der Waals surface area contributed by atoms with Crippen LogP contribution in [0.15, 0.2) is 48.6 Å². The van der Waals surface area contributed by atoms with Crippen molar-refractivity contribution in [2.75, 3.05) is 0 Å². The third kappa shape index (κ3) is 12.6. The Bertz CT molecular complexity index is 962. The van der Waals surface area contributed by atoms with E-state index in [4.69, 9.17) is 15.2 Å². The monoisotopic (exact) mass is 609 g/mol. The largest absolute Gasteiger partial charge is 0.462 e. The van der Waals surface area contributed by atoms with E-state index < -0.39 is 54.6 Å². The standard InChI is InChI=1S/C33H55NO8.CH4/c1-10-11-12-20(4)31(42-33(34)40)24(8)29(37)22(6)16-18(2)15-21(5)28(36)19(3)13-14-26(35)17-27-23(7)30(38)25(9)32(39)41-27;/h10-15,19-31,35-38H,1,16-17H2,2-9H3,(H2,34,40);1H4/b12-11-,14-13-,18-15-;/t19-,20-,21-,22-,23-,24-,25+,26+,27-,28-,29+,30-,31-;/m0./s1. The summed E-state index contributed by atoms with van der Waals surface area (Å²) in [6.45, 7) is 18.5. The zero-order valence-electron chi connectivity index (χ0n) is 26.6. The van der Waals surface area contributed by atoms with E-state index in [0.717, 1.165) is 5.57 Å². The Morgan fingerprint density at radius 3 is 2.19 bits per heavy atom. The van der Waals surface area contributed by atoms with Gasteiger partial charge in [0.2, 0.25) is 0 Å². The molecule has 0 radical (unpaired) electrons. The average molecular weight is 610 g/mol. The Hall–Kier alpha value is -2.46. The van der Waals surface area contributed by atoms with Crippen molar-refractivity contribution in [3.05, 3.63) is 48.6 Å². The Balaban J connectivity index is 0.0000176. The van der Waals surface area contributed by atoms with E-state index in [0.29, 0.717) is 6.42 Å². The number of ether oxygens (including phenoxy) is 2. The molecule has 0 saturated carbocycles. The molecule has 0 aliphatic carbocycles. The maximum atomic E-state index is 12.0. The molecule has 0 spiro atoms. The molecule has 13 atom stereocenters. The third-order valence-corrected chi connectivity index (χ3v) is 8.62. The van der Waals surface area contributed by atoms with Gasteiger partial charge in [0.05, 0.1) is 30.3 Å². The van der Waals surface area contributed by atoms with Crippen LogP contribution >= 0.6 is 0 Å². The minimum Gasteiger partial charge on any atom is -0.462 e. The number of primary amides is 1. The molecule has 9 nitrogen and oxygen atoms in total. The zero-order valence-corrected chi connectivity index (χ0v) is 26.6. The molecule has 6 N–H and O–H groups in total. The van der Waals surface area contributed by atoms with Crippen LogP contribution in [0.5, 0.6) is 0 Å². The highest BCUT2D eigenvalue weighted by Crippen LogP contribution is 2.30. The lowest BCUT2D eigenvalue weighted by atomic mass is 9.81. The van der Waals surface area contributed by atoms with Crippen LogP contribution in [0.4, 0.5) is 4.79 Å². The van der Waals surface area contributed by atoms with Gasteiger partial charge in [-0.2, -0.15) is 0 Å². The molecular weight excluding hydrogens is 550 g/mol. The second-order valence-electron chi connectivity index (χ2n) is 12.4. The summed E-state index contributed by atoms with van der Waals surface area (Å²) in [5.41, 5.74) is 6.30. The first-order chi connectivity index (χ1) is 19.5. The number of hydrogen-bond donors (Lipinski definition) is 5. The quantitative estimate of drug-likeness (QED) is 0.0935. The van der Waals surface area contributed by atoms with Gasteiger partial charge in [-0.05, 0) is 26.2 Å². The first kappa shape index (κ1) is 40.5. The molecule has 1 aliphatic heterocycles. The number of cyclic esters (lactones) is 1. The Kier molecular flexibility index (Phi) is 17.9. The lowest BCUT2D eigenvalue weighted by Crippen LogP contribution is -2.47. The van der Waals surface area contributed by atoms with Gasteiger partial charge in [0.1, 0.15) is 12.2 Å². The normalized spacial score (nSPS) is 27.6. The van der Waals surface area contributed by atoms with Crippen LogP contribution in [-0.2, 0) is 14.3 Å². The van der Waals surface area contributed by atoms with Gasteiger partial charge in [-0.3, -0.25) is 4.79 Å². The van der Waals surface area contributed by atoms with Crippen LogP contribution in [-0.4, -0.2) is 69.1 Å². The topological polar surface area (TPSA) is 160 Å². The van der Waals surface area contributed by atoms with Crippen molar-refractivity contribution >= 4 is 12.1 Å². The van der Waals surface area contributed by atoms with E-state index in [2.05, 4.69) is 6.58 Å². The SMILES string of the molecule is C.C=C/C=C\[C@H](C)[C@H](OC(N)=O)[C@@H](C)[C@H](O)[C@@H](C)C/C(C)=C\[C@H](C)[C@@H](O)[C@@H](C)/C=C\[C@@H](O)C[C@@H]1OC(=O)[C@H](C)[C@@H](O)[C@H]1C. The molecule has 1 fully saturated rings. The van der Waals surface area contributed by atoms with Gasteiger partial charge in [0.25, 0.3) is 0 Å². The highest BCUT2D eigenvalue weighted by molar-refractivity contribution is 5.73. The number of amides is 1. The van der Waals surface area contributed by atoms with E-state index in [1.54, 1.807) is 38.2 Å². The summed E-state index contributed by atoms with van der Waals surface area (Å²) in [5, 5.41) is 42.8. The van der Waals surface area contributed by atoms with E-state index >= 15 is 0 Å². The van der Waals surface area contributed by atoms with Gasteiger partial charge in [-0.15, -0.1) is 0 Å². The minimum atomic E-state index is -0.894. The minimum absolute atomic E-state index is 0. The Morgan fingerprint density at radius 2 is 1.63 bits per heavy atom. The molecule has 0 aromatic heterocycles. The molecule has 43 heavy (non-hydrogen) atoms. The van der Waals surface area contributed by atoms with Gasteiger partial charge in [0, 0.05) is 36.0 Å². The highest BCUT2D eigenvalue weighted by atomic mass is 16.6. The molecule has 0 bridgehead atoms. The molecular formula is C34H59NO8. The number of esters is 1. The van der Waals surface area contributed by atoms with Crippen LogP contribution < -0.4 is 5.73 Å². The van der Waals surface area contributed by atoms with E-state index in [1.807, 2.05) is 53.7 Å². The maximum Gasteiger partial charge on any atom is 0.404 e. The Labute approximate surface area is 259 Å². The predicted molar refractivity (Wildman–Crippen MR) is 171 cm³/mol. The molecule has 0 unspecified atom stereocenters. The van der Waals surface area contributed by atoms with Crippen molar-refractivity contribution in [2.45, 2.75) is 112 Å². The number of hydrogen-bond acceptors (Lipinski definition) is 8. The summed E-state index contributed by atoms with van der Waals surface area (Å²) in [7, 11) is 0. The number of carbonyl (C=O) groups excluding carboxylic acids is 2. The molecule has 0 aromatic carbocycles. The van der Waals surface area contributed by atoms with Crippen LogP contribution in [0.2, 0.25) is 0 Å². The molecule has 0 aromatic rings. The number of allylic oxidation sites excluding steroid dienone is 3. The average Bonchev–Trinajstić information content (AvgIpc) is 2.93. The molecule has 248 valence electrons. The summed E-state index contributed by atoms with van der Waals surface area (Å²) < 4.78 is 10.8. The van der Waals surface area contributed by atoms with E-state index in [-0.39, 0.29) is 49.4 Å². The fraction of sp³-hybridized carbons (Fsp3) is 0.706. The van der Waals surface area contributed by atoms with E-state index in [1.165, 1.54) is 0 Å². The number of aliphatic hydroxyl groups excluding tert-OH is 4. The molecule has 1 saturated heterocycles. The number of rotatable bonds is 16. The van der Waals surface area contributed by atoms with Crippen molar-refractivity contribution in [3.63, 3.8) is 0 Å². The number of aliphatic hydroxyl groups is 4. The fourth-order valence-corrected chi connectivity index (χ4v) is 5.80. The van der Waals surface area contributed by atoms with Crippen molar-refractivity contribution in [1.29, 1.82) is 0 Å². The summed E-state index contributed by atoms with van der Waals surface area (Å²) in [6, 6.07) is 0. The third-order valence-electron chi connectivity index (χ3n) is 8.62. The molecule has 1 amide bonds. The van der Waals surface area contributed by atoms with Gasteiger partial charge < -0.3 is 35.6 Å². The molecule has 1 aliphatic rings. The molecule has 9 heteroatoms. The summed E-state index contributed by atoms with van der Waals surface area (Å²) in [5.74, 6) is -2.52. The second-order valence-corrected chi connectivity index (χ2v) is 12.4. The number of carbonyl (C=O) groups is 2. The lowest BCUT2D eigenvalue weighted by molar-refractivity contribution is -0.179. The van der Waals surface area contributed by atoms with Crippen LogP contribution in [0.3, 0.4) is 0 Å². The van der Waals surface area contributed by atoms with Crippen molar-refractivity contribution in [1.82, 2.24) is 0 Å². The first-order valence-electron chi connectivity index (χ1n) is 15.0. The zero-order chi connectivity index (χ0) is 32.3. The van der Waals surface area contributed by atoms with Crippen LogP contribution in [0.1, 0.15) is 75.7 Å². The summed E-state index contributed by atoms with van der Waals surface area (Å²) in [6.07, 6.45) is 6.04. The molecule has 1 rings (SSSR count). The van der Waals surface area contributed by atoms with Crippen LogP contribution in [0.25, 0.3) is 0 Å². The summed E-state index contributed by atoms with van der Waals surface area (Å²) in [4.78, 5) is 23.5.